The third kappa shape index (κ3) is 1.65. The number of cyclic esters (lactones) is 1. The fourth-order valence-electron chi connectivity index (χ4n) is 4.59. The minimum absolute atomic E-state index is 0.102. The quantitative estimate of drug-likeness (QED) is 0.726. The summed E-state index contributed by atoms with van der Waals surface area (Å²) < 4.78 is 5.29. The number of esters is 1. The van der Waals surface area contributed by atoms with Crippen molar-refractivity contribution in [1.29, 1.82) is 0 Å². The molecule has 1 heterocycles. The normalized spacial score (nSPS) is 47.1. The lowest BCUT2D eigenvalue weighted by Crippen LogP contribution is -2.47. The highest BCUT2D eigenvalue weighted by Gasteiger charge is 2.56. The maximum Gasteiger partial charge on any atom is 0.309 e. The van der Waals surface area contributed by atoms with E-state index in [0.717, 1.165) is 25.7 Å². The average Bonchev–Trinajstić information content (AvgIpc) is 2.62. The number of hydrogen-bond donors (Lipinski definition) is 1. The second-order valence-corrected chi connectivity index (χ2v) is 6.13. The van der Waals surface area contributed by atoms with Gasteiger partial charge in [0.1, 0.15) is 6.10 Å². The summed E-state index contributed by atoms with van der Waals surface area (Å²) in [5, 5.41) is 9.56. The van der Waals surface area contributed by atoms with Crippen LogP contribution in [0.15, 0.2) is 0 Å². The molecule has 0 radical (unpaired) electrons. The minimum Gasteiger partial charge on any atom is -0.481 e. The summed E-state index contributed by atoms with van der Waals surface area (Å²) >= 11 is 0. The molecule has 2 saturated carbocycles. The molecule has 4 heteroatoms. The van der Waals surface area contributed by atoms with Crippen molar-refractivity contribution in [2.75, 3.05) is 0 Å². The van der Waals surface area contributed by atoms with Gasteiger partial charge in [0.15, 0.2) is 0 Å². The van der Waals surface area contributed by atoms with E-state index in [0.29, 0.717) is 5.92 Å². The maximum atomic E-state index is 11.8. The monoisotopic (exact) mass is 252 g/mol. The molecule has 1 aliphatic heterocycles. The molecule has 1 N–H and O–H groups in total. The fraction of sp³-hybridized carbons (Fsp3) is 0.857. The van der Waals surface area contributed by atoms with E-state index >= 15 is 0 Å². The Labute approximate surface area is 107 Å². The Kier molecular flexibility index (Phi) is 2.83. The second kappa shape index (κ2) is 4.25. The van der Waals surface area contributed by atoms with Crippen molar-refractivity contribution in [1.82, 2.24) is 0 Å². The third-order valence-corrected chi connectivity index (χ3v) is 5.30. The predicted molar refractivity (Wildman–Crippen MR) is 63.7 cm³/mol. The molecule has 1 saturated heterocycles. The molecule has 18 heavy (non-hydrogen) atoms. The van der Waals surface area contributed by atoms with Gasteiger partial charge in [-0.05, 0) is 31.6 Å². The molecule has 0 bridgehead atoms. The lowest BCUT2D eigenvalue weighted by Gasteiger charge is -2.44. The van der Waals surface area contributed by atoms with Crippen molar-refractivity contribution in [3.8, 4) is 0 Å². The summed E-state index contributed by atoms with van der Waals surface area (Å²) in [5.74, 6) is -0.867. The van der Waals surface area contributed by atoms with Gasteiger partial charge in [-0.3, -0.25) is 9.59 Å². The molecule has 3 rings (SSSR count). The Bertz CT molecular complexity index is 378. The number of fused-ring (bicyclic) bond motifs is 2. The van der Waals surface area contributed by atoms with Crippen molar-refractivity contribution in [3.05, 3.63) is 0 Å². The van der Waals surface area contributed by atoms with Crippen LogP contribution in [0.3, 0.4) is 0 Å². The van der Waals surface area contributed by atoms with Gasteiger partial charge in [-0.1, -0.05) is 19.3 Å². The highest BCUT2D eigenvalue weighted by Crippen LogP contribution is 2.52. The summed E-state index contributed by atoms with van der Waals surface area (Å²) in [6.45, 7) is 1.85. The number of carboxylic acid groups (broad SMARTS) is 1. The molecule has 2 aliphatic carbocycles. The molecule has 6 atom stereocenters. The summed E-state index contributed by atoms with van der Waals surface area (Å²) in [4.78, 5) is 23.5. The van der Waals surface area contributed by atoms with Gasteiger partial charge in [0.05, 0.1) is 11.8 Å². The van der Waals surface area contributed by atoms with E-state index < -0.39 is 5.97 Å². The first-order chi connectivity index (χ1) is 8.59. The van der Waals surface area contributed by atoms with E-state index in [-0.39, 0.29) is 35.7 Å². The first-order valence-corrected chi connectivity index (χ1v) is 7.03. The number of rotatable bonds is 1. The van der Waals surface area contributed by atoms with E-state index in [2.05, 4.69) is 0 Å². The molecular formula is C14H20O4. The molecule has 4 nitrogen and oxygen atoms in total. The number of aliphatic carboxylic acids is 1. The Morgan fingerprint density at radius 2 is 2.06 bits per heavy atom. The van der Waals surface area contributed by atoms with Gasteiger partial charge in [-0.15, -0.1) is 0 Å². The summed E-state index contributed by atoms with van der Waals surface area (Å²) in [5.41, 5.74) is 0. The second-order valence-electron chi connectivity index (χ2n) is 6.13. The van der Waals surface area contributed by atoms with Crippen LogP contribution in [0.1, 0.15) is 39.0 Å². The summed E-state index contributed by atoms with van der Waals surface area (Å²) in [6.07, 6.45) is 5.01. The van der Waals surface area contributed by atoms with Gasteiger partial charge in [-0.25, -0.2) is 0 Å². The van der Waals surface area contributed by atoms with Gasteiger partial charge in [0.25, 0.3) is 0 Å². The summed E-state index contributed by atoms with van der Waals surface area (Å²) in [7, 11) is 0. The molecular weight excluding hydrogens is 232 g/mol. The third-order valence-electron chi connectivity index (χ3n) is 5.30. The van der Waals surface area contributed by atoms with Crippen LogP contribution < -0.4 is 0 Å². The van der Waals surface area contributed by atoms with Gasteiger partial charge in [0, 0.05) is 5.92 Å². The molecule has 0 aromatic carbocycles. The standard InChI is InChI=1S/C14H20O4/c1-7-11-10(14(17)18-7)6-8-4-2-3-5-9(8)12(11)13(15)16/h7-12H,2-6H2,1H3,(H,15,16)/t7-,8+,9-,10-,11-,12+/m1/s1. The molecule has 0 amide bonds. The van der Waals surface area contributed by atoms with Crippen LogP contribution in [0.2, 0.25) is 0 Å². The van der Waals surface area contributed by atoms with Crippen molar-refractivity contribution >= 4 is 11.9 Å². The minimum atomic E-state index is -0.730. The largest absolute Gasteiger partial charge is 0.481 e. The SMILES string of the molecule is C[C@H]1OC(=O)[C@@H]2C[C@@H]3CCCC[C@H]3[C@H](C(=O)O)[C@H]12. The molecule has 0 aromatic heterocycles. The van der Waals surface area contributed by atoms with E-state index in [1.807, 2.05) is 6.92 Å². The molecule has 0 unspecified atom stereocenters. The van der Waals surface area contributed by atoms with Gasteiger partial charge < -0.3 is 9.84 Å². The number of carbonyl (C=O) groups excluding carboxylic acids is 1. The predicted octanol–water partition coefficient (Wildman–Crippen LogP) is 2.08. The molecule has 0 spiro atoms. The molecule has 0 aromatic rings. The zero-order valence-corrected chi connectivity index (χ0v) is 10.7. The zero-order valence-electron chi connectivity index (χ0n) is 10.7. The van der Waals surface area contributed by atoms with Crippen LogP contribution in [0.25, 0.3) is 0 Å². The zero-order chi connectivity index (χ0) is 12.9. The Morgan fingerprint density at radius 3 is 2.78 bits per heavy atom. The number of ether oxygens (including phenoxy) is 1. The first-order valence-electron chi connectivity index (χ1n) is 7.03. The van der Waals surface area contributed by atoms with E-state index in [4.69, 9.17) is 4.74 Å². The number of hydrogen-bond acceptors (Lipinski definition) is 3. The van der Waals surface area contributed by atoms with Crippen LogP contribution in [-0.2, 0) is 14.3 Å². The highest BCUT2D eigenvalue weighted by atomic mass is 16.6. The fourth-order valence-corrected chi connectivity index (χ4v) is 4.59. The number of carboxylic acids is 1. The highest BCUT2D eigenvalue weighted by molar-refractivity contribution is 5.79. The van der Waals surface area contributed by atoms with Crippen LogP contribution >= 0.6 is 0 Å². The van der Waals surface area contributed by atoms with Crippen LogP contribution in [0, 0.1) is 29.6 Å². The molecule has 3 aliphatic rings. The smallest absolute Gasteiger partial charge is 0.309 e. The van der Waals surface area contributed by atoms with E-state index in [1.165, 1.54) is 6.42 Å². The lowest BCUT2D eigenvalue weighted by atomic mass is 9.57. The molecule has 100 valence electrons. The Balaban J connectivity index is 1.94. The van der Waals surface area contributed by atoms with E-state index in [9.17, 15) is 14.7 Å². The average molecular weight is 252 g/mol. The van der Waals surface area contributed by atoms with Gasteiger partial charge >= 0.3 is 11.9 Å². The van der Waals surface area contributed by atoms with Crippen molar-refractivity contribution in [2.24, 2.45) is 29.6 Å². The van der Waals surface area contributed by atoms with Gasteiger partial charge in [0.2, 0.25) is 0 Å². The molecule has 3 fully saturated rings. The van der Waals surface area contributed by atoms with Crippen molar-refractivity contribution in [2.45, 2.75) is 45.1 Å². The van der Waals surface area contributed by atoms with E-state index in [1.54, 1.807) is 0 Å². The topological polar surface area (TPSA) is 63.6 Å². The number of carbonyl (C=O) groups is 2. The van der Waals surface area contributed by atoms with Crippen LogP contribution in [-0.4, -0.2) is 23.1 Å². The maximum absolute atomic E-state index is 11.8. The van der Waals surface area contributed by atoms with Crippen LogP contribution in [0.4, 0.5) is 0 Å². The lowest BCUT2D eigenvalue weighted by molar-refractivity contribution is -0.152. The Hall–Kier alpha value is -1.06. The Morgan fingerprint density at radius 1 is 1.33 bits per heavy atom. The van der Waals surface area contributed by atoms with Crippen molar-refractivity contribution < 1.29 is 19.4 Å². The summed E-state index contributed by atoms with van der Waals surface area (Å²) in [6, 6.07) is 0. The van der Waals surface area contributed by atoms with Gasteiger partial charge in [-0.2, -0.15) is 0 Å². The van der Waals surface area contributed by atoms with Crippen molar-refractivity contribution in [3.63, 3.8) is 0 Å². The van der Waals surface area contributed by atoms with Crippen LogP contribution in [0.5, 0.6) is 0 Å². The first kappa shape index (κ1) is 12.0.